The number of hydrogen-bond acceptors (Lipinski definition) is 4. The van der Waals surface area contributed by atoms with Gasteiger partial charge in [-0.15, -0.1) is 24.8 Å². The summed E-state index contributed by atoms with van der Waals surface area (Å²) in [4.78, 5) is 15.4. The molecule has 0 saturated carbocycles. The van der Waals surface area contributed by atoms with Crippen molar-refractivity contribution in [3.8, 4) is 0 Å². The zero-order valence-electron chi connectivity index (χ0n) is 14.2. The smallest absolute Gasteiger partial charge is 0.248 e. The maximum Gasteiger partial charge on any atom is 0.248 e. The van der Waals surface area contributed by atoms with Gasteiger partial charge in [0.25, 0.3) is 0 Å². The Morgan fingerprint density at radius 2 is 2.12 bits per heavy atom. The first kappa shape index (κ1) is 21.2. The summed E-state index contributed by atoms with van der Waals surface area (Å²) in [5.74, 6) is 0.126. The molecule has 6 nitrogen and oxygen atoms in total. The molecule has 2 aliphatic heterocycles. The Morgan fingerprint density at radius 3 is 2.75 bits per heavy atom. The number of amides is 1. The number of halogens is 2. The van der Waals surface area contributed by atoms with Crippen LogP contribution in [0.5, 0.6) is 0 Å². The molecule has 138 valence electrons. The molecule has 0 radical (unpaired) electrons. The van der Waals surface area contributed by atoms with E-state index in [-0.39, 0.29) is 30.7 Å². The van der Waals surface area contributed by atoms with Crippen LogP contribution in [0.2, 0.25) is 0 Å². The van der Waals surface area contributed by atoms with Crippen LogP contribution in [0.4, 0.5) is 0 Å². The van der Waals surface area contributed by atoms with Crippen LogP contribution >= 0.6 is 24.8 Å². The number of nitrogens with one attached hydrogen (secondary N) is 2. The predicted octanol–water partition coefficient (Wildman–Crippen LogP) is 1.41. The Bertz CT molecular complexity index is 491. The summed E-state index contributed by atoms with van der Waals surface area (Å²) < 4.78 is 1.86. The van der Waals surface area contributed by atoms with Crippen LogP contribution in [-0.4, -0.2) is 59.4 Å². The van der Waals surface area contributed by atoms with Gasteiger partial charge >= 0.3 is 0 Å². The van der Waals surface area contributed by atoms with E-state index in [4.69, 9.17) is 0 Å². The number of nitrogens with zero attached hydrogens (tertiary/aromatic N) is 3. The Kier molecular flexibility index (Phi) is 8.50. The van der Waals surface area contributed by atoms with Crippen LogP contribution in [0.3, 0.4) is 0 Å². The topological polar surface area (TPSA) is 62.2 Å². The van der Waals surface area contributed by atoms with Crippen molar-refractivity contribution in [2.45, 2.75) is 44.2 Å². The molecule has 1 unspecified atom stereocenters. The quantitative estimate of drug-likeness (QED) is 0.813. The van der Waals surface area contributed by atoms with Gasteiger partial charge in [0.2, 0.25) is 5.91 Å². The van der Waals surface area contributed by atoms with Gasteiger partial charge in [-0.05, 0) is 57.9 Å². The molecular weight excluding hydrogens is 349 g/mol. The van der Waals surface area contributed by atoms with Crippen molar-refractivity contribution in [3.63, 3.8) is 0 Å². The zero-order valence-corrected chi connectivity index (χ0v) is 15.9. The van der Waals surface area contributed by atoms with Gasteiger partial charge in [0.15, 0.2) is 0 Å². The summed E-state index contributed by atoms with van der Waals surface area (Å²) in [6, 6.07) is 2.39. The van der Waals surface area contributed by atoms with Gasteiger partial charge in [0.05, 0.1) is 0 Å². The van der Waals surface area contributed by atoms with Gasteiger partial charge in [0, 0.05) is 25.0 Å². The van der Waals surface area contributed by atoms with Crippen LogP contribution < -0.4 is 10.6 Å². The summed E-state index contributed by atoms with van der Waals surface area (Å²) in [5.41, 5.74) is -0.523. The molecule has 0 aliphatic carbocycles. The highest BCUT2D eigenvalue weighted by Crippen LogP contribution is 2.27. The van der Waals surface area contributed by atoms with Crippen molar-refractivity contribution in [1.82, 2.24) is 25.3 Å². The van der Waals surface area contributed by atoms with E-state index >= 15 is 0 Å². The standard InChI is InChI=1S/C16H27N5O.2ClH/c1-2-20-11-3-5-14(20)13-18-15(22)16(6-9-17-10-7-16)21-12-4-8-19-21;;/h4,8,12,14,17H,2-3,5-7,9-11,13H2,1H3,(H,18,22);2*1H. The highest BCUT2D eigenvalue weighted by Gasteiger charge is 2.42. The molecule has 1 aromatic rings. The second kappa shape index (κ2) is 9.61. The van der Waals surface area contributed by atoms with Crippen LogP contribution in [0, 0.1) is 0 Å². The molecule has 2 saturated heterocycles. The number of carbonyl (C=O) groups excluding carboxylic acids is 1. The average molecular weight is 378 g/mol. The predicted molar refractivity (Wildman–Crippen MR) is 100 cm³/mol. The fourth-order valence-electron chi connectivity index (χ4n) is 3.84. The molecule has 1 amide bonds. The van der Waals surface area contributed by atoms with Crippen molar-refractivity contribution < 1.29 is 4.79 Å². The first-order valence-electron chi connectivity index (χ1n) is 8.49. The minimum absolute atomic E-state index is 0. The van der Waals surface area contributed by atoms with Crippen LogP contribution in [-0.2, 0) is 10.3 Å². The second-order valence-electron chi connectivity index (χ2n) is 6.37. The van der Waals surface area contributed by atoms with E-state index in [0.717, 1.165) is 45.6 Å². The lowest BCUT2D eigenvalue weighted by Crippen LogP contribution is -2.56. The van der Waals surface area contributed by atoms with Gasteiger partial charge in [-0.3, -0.25) is 14.4 Å². The van der Waals surface area contributed by atoms with Gasteiger partial charge in [-0.1, -0.05) is 6.92 Å². The molecule has 0 bridgehead atoms. The lowest BCUT2D eigenvalue weighted by Gasteiger charge is -2.37. The number of hydrogen-bond donors (Lipinski definition) is 2. The minimum atomic E-state index is -0.523. The first-order chi connectivity index (χ1) is 10.8. The lowest BCUT2D eigenvalue weighted by molar-refractivity contribution is -0.132. The summed E-state index contributed by atoms with van der Waals surface area (Å²) in [5, 5.41) is 10.9. The van der Waals surface area contributed by atoms with Crippen LogP contribution in [0.15, 0.2) is 18.5 Å². The Labute approximate surface area is 156 Å². The molecule has 2 fully saturated rings. The lowest BCUT2D eigenvalue weighted by atomic mass is 9.87. The largest absolute Gasteiger partial charge is 0.352 e. The normalized spacial score (nSPS) is 23.1. The molecule has 2 aliphatic rings. The van der Waals surface area contributed by atoms with Crippen LogP contribution in [0.25, 0.3) is 0 Å². The molecule has 1 aromatic heterocycles. The van der Waals surface area contributed by atoms with Crippen molar-refractivity contribution in [3.05, 3.63) is 18.5 Å². The van der Waals surface area contributed by atoms with Crippen molar-refractivity contribution >= 4 is 30.7 Å². The first-order valence-corrected chi connectivity index (χ1v) is 8.49. The fourth-order valence-corrected chi connectivity index (χ4v) is 3.84. The fraction of sp³-hybridized carbons (Fsp3) is 0.750. The molecule has 3 rings (SSSR count). The third-order valence-corrected chi connectivity index (χ3v) is 5.20. The molecule has 2 N–H and O–H groups in total. The van der Waals surface area contributed by atoms with Gasteiger partial charge in [-0.25, -0.2) is 0 Å². The molecule has 0 spiro atoms. The van der Waals surface area contributed by atoms with E-state index in [1.807, 2.05) is 16.9 Å². The third-order valence-electron chi connectivity index (χ3n) is 5.20. The Hall–Kier alpha value is -0.820. The number of likely N-dealkylation sites (N-methyl/N-ethyl adjacent to an activating group) is 1. The SMILES string of the molecule is CCN1CCCC1CNC(=O)C1(n2cccn2)CCNCC1.Cl.Cl. The van der Waals surface area contributed by atoms with Crippen molar-refractivity contribution in [1.29, 1.82) is 0 Å². The summed E-state index contributed by atoms with van der Waals surface area (Å²) in [6.07, 6.45) is 7.68. The molecular formula is C16H29Cl2N5O. The van der Waals surface area contributed by atoms with Crippen molar-refractivity contribution in [2.24, 2.45) is 0 Å². The van der Waals surface area contributed by atoms with E-state index in [2.05, 4.69) is 27.6 Å². The van der Waals surface area contributed by atoms with E-state index in [1.54, 1.807) is 6.20 Å². The maximum absolute atomic E-state index is 13.0. The molecule has 1 atom stereocenters. The summed E-state index contributed by atoms with van der Waals surface area (Å²) >= 11 is 0. The van der Waals surface area contributed by atoms with E-state index < -0.39 is 5.54 Å². The highest BCUT2D eigenvalue weighted by molar-refractivity contribution is 5.85. The maximum atomic E-state index is 13.0. The Balaban J connectivity index is 0.00000144. The highest BCUT2D eigenvalue weighted by atomic mass is 35.5. The monoisotopic (exact) mass is 377 g/mol. The number of piperidine rings is 1. The van der Waals surface area contributed by atoms with Gasteiger partial charge in [0.1, 0.15) is 5.54 Å². The number of likely N-dealkylation sites (tertiary alicyclic amines) is 1. The third kappa shape index (κ3) is 4.23. The minimum Gasteiger partial charge on any atom is -0.352 e. The average Bonchev–Trinajstić information content (AvgIpc) is 3.24. The second-order valence-corrected chi connectivity index (χ2v) is 6.37. The van der Waals surface area contributed by atoms with E-state index in [9.17, 15) is 4.79 Å². The van der Waals surface area contributed by atoms with Crippen LogP contribution in [0.1, 0.15) is 32.6 Å². The molecule has 0 aromatic carbocycles. The number of rotatable bonds is 5. The van der Waals surface area contributed by atoms with E-state index in [0.29, 0.717) is 6.04 Å². The van der Waals surface area contributed by atoms with Crippen molar-refractivity contribution in [2.75, 3.05) is 32.7 Å². The zero-order chi connectivity index (χ0) is 15.4. The molecule has 3 heterocycles. The number of carbonyl (C=O) groups is 1. The number of aromatic nitrogens is 2. The van der Waals surface area contributed by atoms with Gasteiger partial charge < -0.3 is 10.6 Å². The summed E-state index contributed by atoms with van der Waals surface area (Å²) in [6.45, 7) is 6.89. The Morgan fingerprint density at radius 1 is 1.38 bits per heavy atom. The van der Waals surface area contributed by atoms with Gasteiger partial charge in [-0.2, -0.15) is 5.10 Å². The summed E-state index contributed by atoms with van der Waals surface area (Å²) in [7, 11) is 0. The molecule has 8 heteroatoms. The molecule has 24 heavy (non-hydrogen) atoms. The van der Waals surface area contributed by atoms with E-state index in [1.165, 1.54) is 12.8 Å².